The molecular weight excluding hydrogens is 346 g/mol. The molecule has 0 fully saturated rings. The van der Waals surface area contributed by atoms with Crippen LogP contribution >= 0.6 is 0 Å². The first-order chi connectivity index (χ1) is 13.8. The summed E-state index contributed by atoms with van der Waals surface area (Å²) in [6.07, 6.45) is 2.61. The summed E-state index contributed by atoms with van der Waals surface area (Å²) in [5.41, 5.74) is 4.09. The van der Waals surface area contributed by atoms with Crippen molar-refractivity contribution in [1.29, 1.82) is 5.26 Å². The number of hydrogen-bond donors (Lipinski definition) is 3. The highest BCUT2D eigenvalue weighted by Gasteiger charge is 2.27. The van der Waals surface area contributed by atoms with E-state index in [2.05, 4.69) is 51.3 Å². The Kier molecular flexibility index (Phi) is 5.51. The van der Waals surface area contributed by atoms with Gasteiger partial charge in [0.25, 0.3) is 0 Å². The van der Waals surface area contributed by atoms with E-state index in [1.54, 1.807) is 6.20 Å². The number of rotatable bonds is 6. The number of hydrogen-bond acceptors (Lipinski definition) is 5. The quantitative estimate of drug-likeness (QED) is 0.617. The number of fused-ring (bicyclic) bond motifs is 1. The molecule has 0 bridgehead atoms. The van der Waals surface area contributed by atoms with E-state index >= 15 is 0 Å². The molecule has 5 heteroatoms. The van der Waals surface area contributed by atoms with E-state index in [-0.39, 0.29) is 12.1 Å². The smallest absolute Gasteiger partial charge is 0.149 e. The number of aromatic nitrogens is 1. The Hall–Kier alpha value is -3.36. The topological polar surface area (TPSA) is 72.8 Å². The molecule has 1 aliphatic heterocycles. The van der Waals surface area contributed by atoms with Crippen LogP contribution in [0.1, 0.15) is 22.7 Å². The van der Waals surface area contributed by atoms with Gasteiger partial charge in [0, 0.05) is 12.7 Å². The van der Waals surface area contributed by atoms with Crippen molar-refractivity contribution in [2.45, 2.75) is 18.5 Å². The SMILES string of the molecule is N#Cc1ccccc1CCN[C@H](c1ccccc1)[C@@H]1CNc2cccnc2N1. The average molecular weight is 369 g/mol. The Morgan fingerprint density at radius 3 is 2.75 bits per heavy atom. The summed E-state index contributed by atoms with van der Waals surface area (Å²) in [6.45, 7) is 1.59. The molecule has 1 aromatic heterocycles. The van der Waals surface area contributed by atoms with Gasteiger partial charge in [0.05, 0.1) is 29.4 Å². The molecule has 0 unspecified atom stereocenters. The minimum Gasteiger partial charge on any atom is -0.380 e. The molecule has 2 atom stereocenters. The molecule has 0 saturated carbocycles. The zero-order chi connectivity index (χ0) is 19.2. The summed E-state index contributed by atoms with van der Waals surface area (Å²) >= 11 is 0. The van der Waals surface area contributed by atoms with Crippen molar-refractivity contribution in [2.24, 2.45) is 0 Å². The molecular formula is C23H23N5. The average Bonchev–Trinajstić information content (AvgIpc) is 2.77. The van der Waals surface area contributed by atoms with Crippen LogP contribution in [0, 0.1) is 11.3 Å². The van der Waals surface area contributed by atoms with Crippen molar-refractivity contribution >= 4 is 11.5 Å². The standard InChI is InChI=1S/C23H23N5/c24-15-19-10-5-4-7-17(19)12-14-25-22(18-8-2-1-3-9-18)21-16-27-20-11-6-13-26-23(20)28-21/h1-11,13,21-22,25,27H,12,14,16H2,(H,26,28)/t21-,22+/m0/s1. The van der Waals surface area contributed by atoms with Crippen LogP contribution in [0.15, 0.2) is 72.9 Å². The van der Waals surface area contributed by atoms with Crippen LogP contribution in [0.4, 0.5) is 11.5 Å². The summed E-state index contributed by atoms with van der Waals surface area (Å²) in [7, 11) is 0. The van der Waals surface area contributed by atoms with E-state index < -0.39 is 0 Å². The Balaban J connectivity index is 1.50. The molecule has 0 amide bonds. The van der Waals surface area contributed by atoms with E-state index in [1.807, 2.05) is 42.5 Å². The maximum absolute atomic E-state index is 9.31. The molecule has 1 aliphatic rings. The molecule has 140 valence electrons. The lowest BCUT2D eigenvalue weighted by Gasteiger charge is -2.34. The van der Waals surface area contributed by atoms with Gasteiger partial charge in [0.15, 0.2) is 0 Å². The van der Waals surface area contributed by atoms with Gasteiger partial charge >= 0.3 is 0 Å². The first-order valence-electron chi connectivity index (χ1n) is 9.57. The molecule has 2 heterocycles. The molecule has 0 aliphatic carbocycles. The van der Waals surface area contributed by atoms with E-state index in [4.69, 9.17) is 0 Å². The molecule has 0 radical (unpaired) electrons. The van der Waals surface area contributed by atoms with E-state index in [0.29, 0.717) is 0 Å². The Bertz CT molecular complexity index is 964. The maximum Gasteiger partial charge on any atom is 0.149 e. The zero-order valence-electron chi connectivity index (χ0n) is 15.6. The highest BCUT2D eigenvalue weighted by Crippen LogP contribution is 2.28. The third kappa shape index (κ3) is 3.98. The maximum atomic E-state index is 9.31. The van der Waals surface area contributed by atoms with Gasteiger partial charge < -0.3 is 16.0 Å². The second kappa shape index (κ2) is 8.55. The van der Waals surface area contributed by atoms with Crippen molar-refractivity contribution < 1.29 is 0 Å². The predicted molar refractivity (Wildman–Crippen MR) is 112 cm³/mol. The number of benzene rings is 2. The Morgan fingerprint density at radius 1 is 1.07 bits per heavy atom. The van der Waals surface area contributed by atoms with Gasteiger partial charge in [-0.25, -0.2) is 4.98 Å². The van der Waals surface area contributed by atoms with Gasteiger partial charge in [0.1, 0.15) is 5.82 Å². The Morgan fingerprint density at radius 2 is 1.89 bits per heavy atom. The number of nitrogens with one attached hydrogen (secondary N) is 3. The lowest BCUT2D eigenvalue weighted by molar-refractivity contribution is 0.472. The molecule has 3 N–H and O–H groups in total. The minimum atomic E-state index is 0.123. The van der Waals surface area contributed by atoms with Crippen LogP contribution in [-0.2, 0) is 6.42 Å². The van der Waals surface area contributed by atoms with Gasteiger partial charge in [-0.05, 0) is 42.3 Å². The molecule has 3 aromatic rings. The van der Waals surface area contributed by atoms with Crippen LogP contribution < -0.4 is 16.0 Å². The number of anilines is 2. The van der Waals surface area contributed by atoms with Crippen molar-refractivity contribution in [3.8, 4) is 6.07 Å². The van der Waals surface area contributed by atoms with Crippen LogP contribution in [0.3, 0.4) is 0 Å². The number of nitriles is 1. The van der Waals surface area contributed by atoms with Crippen LogP contribution in [0.2, 0.25) is 0 Å². The monoisotopic (exact) mass is 369 g/mol. The first kappa shape index (κ1) is 18.0. The Labute approximate surface area is 165 Å². The van der Waals surface area contributed by atoms with Crippen molar-refractivity contribution in [3.63, 3.8) is 0 Å². The predicted octanol–water partition coefficient (Wildman–Crippen LogP) is 3.73. The minimum absolute atomic E-state index is 0.123. The molecule has 0 saturated heterocycles. The third-order valence-corrected chi connectivity index (χ3v) is 5.10. The fourth-order valence-corrected chi connectivity index (χ4v) is 3.67. The summed E-state index contributed by atoms with van der Waals surface area (Å²) in [5, 5.41) is 20.1. The lowest BCUT2D eigenvalue weighted by atomic mass is 9.97. The molecule has 2 aromatic carbocycles. The van der Waals surface area contributed by atoms with Gasteiger partial charge in [-0.15, -0.1) is 0 Å². The van der Waals surface area contributed by atoms with Crippen molar-refractivity contribution in [1.82, 2.24) is 10.3 Å². The summed E-state index contributed by atoms with van der Waals surface area (Å²) in [4.78, 5) is 4.46. The number of nitrogens with zero attached hydrogens (tertiary/aromatic N) is 2. The summed E-state index contributed by atoms with van der Waals surface area (Å²) in [5.74, 6) is 0.885. The highest BCUT2D eigenvalue weighted by molar-refractivity contribution is 5.67. The fourth-order valence-electron chi connectivity index (χ4n) is 3.67. The zero-order valence-corrected chi connectivity index (χ0v) is 15.6. The fraction of sp³-hybridized carbons (Fsp3) is 0.217. The van der Waals surface area contributed by atoms with Gasteiger partial charge in [-0.3, -0.25) is 0 Å². The van der Waals surface area contributed by atoms with E-state index in [1.165, 1.54) is 5.56 Å². The summed E-state index contributed by atoms with van der Waals surface area (Å²) in [6, 6.07) is 24.8. The molecule has 5 nitrogen and oxygen atoms in total. The van der Waals surface area contributed by atoms with Crippen LogP contribution in [-0.4, -0.2) is 24.1 Å². The molecule has 28 heavy (non-hydrogen) atoms. The van der Waals surface area contributed by atoms with Crippen molar-refractivity contribution in [2.75, 3.05) is 23.7 Å². The van der Waals surface area contributed by atoms with Gasteiger partial charge in [-0.2, -0.15) is 5.26 Å². The van der Waals surface area contributed by atoms with E-state index in [9.17, 15) is 5.26 Å². The third-order valence-electron chi connectivity index (χ3n) is 5.10. The summed E-state index contributed by atoms with van der Waals surface area (Å²) < 4.78 is 0. The lowest BCUT2D eigenvalue weighted by Crippen LogP contribution is -2.44. The van der Waals surface area contributed by atoms with Crippen LogP contribution in [0.5, 0.6) is 0 Å². The largest absolute Gasteiger partial charge is 0.380 e. The second-order valence-corrected chi connectivity index (χ2v) is 6.89. The first-order valence-corrected chi connectivity index (χ1v) is 9.57. The second-order valence-electron chi connectivity index (χ2n) is 6.89. The highest BCUT2D eigenvalue weighted by atomic mass is 15.2. The normalized spacial score (nSPS) is 16.2. The molecule has 0 spiro atoms. The van der Waals surface area contributed by atoms with Gasteiger partial charge in [-0.1, -0.05) is 48.5 Å². The van der Waals surface area contributed by atoms with Crippen LogP contribution in [0.25, 0.3) is 0 Å². The molecule has 4 rings (SSSR count). The van der Waals surface area contributed by atoms with E-state index in [0.717, 1.165) is 42.1 Å². The van der Waals surface area contributed by atoms with Gasteiger partial charge in [0.2, 0.25) is 0 Å². The number of pyridine rings is 1. The van der Waals surface area contributed by atoms with Crippen molar-refractivity contribution in [3.05, 3.63) is 89.6 Å².